The van der Waals surface area contributed by atoms with Gasteiger partial charge in [0.1, 0.15) is 0 Å². The first-order valence-corrected chi connectivity index (χ1v) is 7.81. The Labute approximate surface area is 109 Å². The first kappa shape index (κ1) is 14.5. The quantitative estimate of drug-likeness (QED) is 0.526. The molecule has 16 heavy (non-hydrogen) atoms. The molecule has 3 heteroatoms. The van der Waals surface area contributed by atoms with Crippen LogP contribution < -0.4 is 0 Å². The van der Waals surface area contributed by atoms with Crippen LogP contribution >= 0.6 is 15.9 Å². The molecule has 1 heterocycles. The van der Waals surface area contributed by atoms with Crippen LogP contribution in [0.15, 0.2) is 0 Å². The monoisotopic (exact) mass is 291 g/mol. The molecule has 2 unspecified atom stereocenters. The molecule has 96 valence electrons. The van der Waals surface area contributed by atoms with Crippen LogP contribution in [0.25, 0.3) is 0 Å². The predicted octanol–water partition coefficient (Wildman–Crippen LogP) is 3.44. The summed E-state index contributed by atoms with van der Waals surface area (Å²) >= 11 is 3.51. The average molecular weight is 292 g/mol. The summed E-state index contributed by atoms with van der Waals surface area (Å²) in [6, 6.07) is 0.599. The summed E-state index contributed by atoms with van der Waals surface area (Å²) < 4.78 is 5.73. The highest BCUT2D eigenvalue weighted by Gasteiger charge is 2.24. The van der Waals surface area contributed by atoms with E-state index < -0.39 is 0 Å². The van der Waals surface area contributed by atoms with Crippen molar-refractivity contribution in [2.45, 2.75) is 58.1 Å². The lowest BCUT2D eigenvalue weighted by Gasteiger charge is -2.37. The molecule has 1 rings (SSSR count). The van der Waals surface area contributed by atoms with Crippen molar-refractivity contribution in [3.05, 3.63) is 0 Å². The molecule has 0 N–H and O–H groups in total. The van der Waals surface area contributed by atoms with Crippen LogP contribution in [0.4, 0.5) is 0 Å². The summed E-state index contributed by atoms with van der Waals surface area (Å²) in [5, 5.41) is 0.964. The Kier molecular flexibility index (Phi) is 7.67. The van der Waals surface area contributed by atoms with Crippen molar-refractivity contribution < 1.29 is 4.74 Å². The number of morpholine rings is 1. The van der Waals surface area contributed by atoms with Crippen molar-refractivity contribution in [1.29, 1.82) is 0 Å². The fourth-order valence-corrected chi connectivity index (χ4v) is 2.59. The number of ether oxygens (including phenoxy) is 1. The van der Waals surface area contributed by atoms with E-state index in [9.17, 15) is 0 Å². The van der Waals surface area contributed by atoms with Gasteiger partial charge >= 0.3 is 0 Å². The normalized spacial score (nSPS) is 27.2. The number of rotatable bonds is 7. The molecule has 0 aromatic rings. The van der Waals surface area contributed by atoms with Gasteiger partial charge in [-0.25, -0.2) is 0 Å². The third-order valence-electron chi connectivity index (χ3n) is 3.36. The molecule has 2 atom stereocenters. The molecule has 1 aliphatic rings. The molecule has 1 saturated heterocycles. The van der Waals surface area contributed by atoms with Gasteiger partial charge in [0.2, 0.25) is 0 Å². The van der Waals surface area contributed by atoms with E-state index in [1.165, 1.54) is 38.6 Å². The molecule has 1 aliphatic heterocycles. The maximum absolute atomic E-state index is 5.73. The third-order valence-corrected chi connectivity index (χ3v) is 4.08. The molecular formula is C13H26BrNO. The van der Waals surface area contributed by atoms with Gasteiger partial charge in [-0.2, -0.15) is 0 Å². The first-order valence-electron chi connectivity index (χ1n) is 6.69. The minimum absolute atomic E-state index is 0.395. The van der Waals surface area contributed by atoms with Crippen LogP contribution in [0, 0.1) is 0 Å². The van der Waals surface area contributed by atoms with Crippen LogP contribution in [0.5, 0.6) is 0 Å². The summed E-state index contributed by atoms with van der Waals surface area (Å²) in [5.41, 5.74) is 0. The highest BCUT2D eigenvalue weighted by molar-refractivity contribution is 9.09. The van der Waals surface area contributed by atoms with Gasteiger partial charge in [0.25, 0.3) is 0 Å². The Morgan fingerprint density at radius 2 is 2.00 bits per heavy atom. The number of halogens is 1. The zero-order valence-corrected chi connectivity index (χ0v) is 12.3. The molecule has 0 saturated carbocycles. The van der Waals surface area contributed by atoms with E-state index in [1.54, 1.807) is 0 Å². The fraction of sp³-hybridized carbons (Fsp3) is 1.00. The van der Waals surface area contributed by atoms with Crippen molar-refractivity contribution >= 4 is 15.9 Å². The average Bonchev–Trinajstić information content (AvgIpc) is 2.31. The highest BCUT2D eigenvalue weighted by Crippen LogP contribution is 2.14. The summed E-state index contributed by atoms with van der Waals surface area (Å²) in [6.07, 6.45) is 7.25. The van der Waals surface area contributed by atoms with Gasteiger partial charge in [-0.3, -0.25) is 4.90 Å². The van der Waals surface area contributed by atoms with Gasteiger partial charge in [-0.05, 0) is 19.9 Å². The molecule has 0 spiro atoms. The number of nitrogens with zero attached hydrogens (tertiary/aromatic N) is 1. The van der Waals surface area contributed by atoms with Crippen LogP contribution in [0.1, 0.15) is 46.0 Å². The van der Waals surface area contributed by atoms with Crippen molar-refractivity contribution in [2.75, 3.05) is 25.0 Å². The minimum atomic E-state index is 0.395. The Morgan fingerprint density at radius 1 is 1.25 bits per heavy atom. The van der Waals surface area contributed by atoms with E-state index in [-0.39, 0.29) is 0 Å². The van der Waals surface area contributed by atoms with Gasteiger partial charge in [-0.15, -0.1) is 0 Å². The second-order valence-corrected chi connectivity index (χ2v) is 5.52. The zero-order valence-electron chi connectivity index (χ0n) is 10.8. The van der Waals surface area contributed by atoms with E-state index in [4.69, 9.17) is 4.74 Å². The molecule has 0 aromatic heterocycles. The predicted molar refractivity (Wildman–Crippen MR) is 73.3 cm³/mol. The maximum Gasteiger partial charge on any atom is 0.0799 e. The molecule has 0 aliphatic carbocycles. The van der Waals surface area contributed by atoms with Crippen molar-refractivity contribution in [1.82, 2.24) is 4.90 Å². The lowest BCUT2D eigenvalue weighted by Crippen LogP contribution is -2.49. The number of hydrogen-bond acceptors (Lipinski definition) is 2. The number of unbranched alkanes of at least 4 members (excludes halogenated alkanes) is 4. The topological polar surface area (TPSA) is 12.5 Å². The Morgan fingerprint density at radius 3 is 2.69 bits per heavy atom. The van der Waals surface area contributed by atoms with E-state index in [1.807, 2.05) is 0 Å². The molecule has 0 radical (unpaired) electrons. The maximum atomic E-state index is 5.73. The summed E-state index contributed by atoms with van der Waals surface area (Å²) in [5.74, 6) is 0. The summed E-state index contributed by atoms with van der Waals surface area (Å²) in [6.45, 7) is 7.78. The van der Waals surface area contributed by atoms with Crippen LogP contribution in [-0.4, -0.2) is 42.1 Å². The van der Waals surface area contributed by atoms with Gasteiger partial charge in [0.05, 0.1) is 12.7 Å². The molecule has 0 bridgehead atoms. The molecular weight excluding hydrogens is 266 g/mol. The molecule has 2 nitrogen and oxygen atoms in total. The van der Waals surface area contributed by atoms with Crippen LogP contribution in [0.3, 0.4) is 0 Å². The van der Waals surface area contributed by atoms with E-state index in [0.29, 0.717) is 12.1 Å². The van der Waals surface area contributed by atoms with Crippen molar-refractivity contribution in [2.24, 2.45) is 0 Å². The van der Waals surface area contributed by atoms with Gasteiger partial charge in [0.15, 0.2) is 0 Å². The third kappa shape index (κ3) is 5.15. The summed E-state index contributed by atoms with van der Waals surface area (Å²) in [4.78, 5) is 2.58. The van der Waals surface area contributed by atoms with E-state index >= 15 is 0 Å². The first-order chi connectivity index (χ1) is 7.77. The zero-order chi connectivity index (χ0) is 11.8. The largest absolute Gasteiger partial charge is 0.374 e. The van der Waals surface area contributed by atoms with Crippen LogP contribution in [0.2, 0.25) is 0 Å². The smallest absolute Gasteiger partial charge is 0.0799 e. The van der Waals surface area contributed by atoms with Crippen molar-refractivity contribution in [3.8, 4) is 0 Å². The second-order valence-electron chi connectivity index (χ2n) is 4.87. The lowest BCUT2D eigenvalue weighted by atomic mass is 10.1. The number of hydrogen-bond donors (Lipinski definition) is 0. The van der Waals surface area contributed by atoms with Crippen molar-refractivity contribution in [3.63, 3.8) is 0 Å². The molecule has 0 aromatic carbocycles. The van der Waals surface area contributed by atoms with E-state index in [0.717, 1.165) is 18.5 Å². The Bertz CT molecular complexity index is 177. The standard InChI is InChI=1S/C13H26BrNO/c1-3-4-5-6-7-8-15-10-13(9-14)16-11-12(15)2/h12-13H,3-11H2,1-2H3. The SMILES string of the molecule is CCCCCCCN1CC(CBr)OCC1C. The van der Waals surface area contributed by atoms with Gasteiger partial charge in [-0.1, -0.05) is 48.5 Å². The highest BCUT2D eigenvalue weighted by atomic mass is 79.9. The Balaban J connectivity index is 2.13. The molecule has 0 amide bonds. The lowest BCUT2D eigenvalue weighted by molar-refractivity contribution is -0.0469. The Hall–Kier alpha value is 0.400. The minimum Gasteiger partial charge on any atom is -0.374 e. The van der Waals surface area contributed by atoms with E-state index in [2.05, 4.69) is 34.7 Å². The summed E-state index contributed by atoms with van der Waals surface area (Å²) in [7, 11) is 0. The fourth-order valence-electron chi connectivity index (χ4n) is 2.20. The second kappa shape index (κ2) is 8.48. The molecule has 1 fully saturated rings. The van der Waals surface area contributed by atoms with Gasteiger partial charge in [0, 0.05) is 17.9 Å². The number of alkyl halides is 1. The van der Waals surface area contributed by atoms with Gasteiger partial charge < -0.3 is 4.74 Å². The van der Waals surface area contributed by atoms with Crippen LogP contribution in [-0.2, 0) is 4.74 Å².